The monoisotopic (exact) mass is 479 g/mol. The van der Waals surface area contributed by atoms with E-state index >= 15 is 0 Å². The van der Waals surface area contributed by atoms with Crippen LogP contribution in [0.1, 0.15) is 24.1 Å². The fourth-order valence-electron chi connectivity index (χ4n) is 3.71. The number of nitro benzene ring substituents is 1. The lowest BCUT2D eigenvalue weighted by atomic mass is 10.1. The van der Waals surface area contributed by atoms with Crippen molar-refractivity contribution in [3.63, 3.8) is 0 Å². The van der Waals surface area contributed by atoms with E-state index in [1.807, 2.05) is 10.3 Å². The van der Waals surface area contributed by atoms with Gasteiger partial charge in [-0.25, -0.2) is 22.2 Å². The van der Waals surface area contributed by atoms with Crippen LogP contribution >= 0.6 is 11.3 Å². The fourth-order valence-corrected chi connectivity index (χ4v) is 6.35. The van der Waals surface area contributed by atoms with E-state index in [0.29, 0.717) is 37.9 Å². The molecule has 1 saturated heterocycles. The smallest absolute Gasteiger partial charge is 0.270 e. The summed E-state index contributed by atoms with van der Waals surface area (Å²) in [5, 5.41) is 12.9. The number of hydrogen-bond donors (Lipinski definition) is 0. The Morgan fingerprint density at radius 3 is 2.56 bits per heavy atom. The van der Waals surface area contributed by atoms with E-state index in [1.54, 1.807) is 0 Å². The van der Waals surface area contributed by atoms with Crippen molar-refractivity contribution in [2.24, 2.45) is 0 Å². The maximum atomic E-state index is 13.4. The number of thiazole rings is 1. The van der Waals surface area contributed by atoms with E-state index in [0.717, 1.165) is 29.0 Å². The zero-order valence-electron chi connectivity index (χ0n) is 16.8. The Kier molecular flexibility index (Phi) is 6.20. The van der Waals surface area contributed by atoms with Crippen molar-refractivity contribution in [1.29, 1.82) is 0 Å². The predicted octanol–water partition coefficient (Wildman–Crippen LogP) is 4.36. The van der Waals surface area contributed by atoms with E-state index in [1.165, 1.54) is 35.6 Å². The van der Waals surface area contributed by atoms with Crippen LogP contribution in [0.15, 0.2) is 52.7 Å². The quantitative estimate of drug-likeness (QED) is 0.385. The summed E-state index contributed by atoms with van der Waals surface area (Å²) in [7, 11) is -3.68. The summed E-state index contributed by atoms with van der Waals surface area (Å²) >= 11 is 1.42. The number of piperidine rings is 1. The largest absolute Gasteiger partial charge is 0.348 e. The van der Waals surface area contributed by atoms with Crippen molar-refractivity contribution < 1.29 is 22.1 Å². The van der Waals surface area contributed by atoms with Crippen LogP contribution in [0.25, 0.3) is 0 Å². The highest BCUT2D eigenvalue weighted by Gasteiger charge is 2.32. The van der Waals surface area contributed by atoms with Gasteiger partial charge in [-0.3, -0.25) is 10.1 Å². The first-order chi connectivity index (χ1) is 15.2. The van der Waals surface area contributed by atoms with Crippen LogP contribution in [-0.4, -0.2) is 36.7 Å². The van der Waals surface area contributed by atoms with E-state index in [-0.39, 0.29) is 10.6 Å². The molecule has 2 heterocycles. The zero-order chi connectivity index (χ0) is 22.9. The van der Waals surface area contributed by atoms with Crippen LogP contribution in [0, 0.1) is 21.7 Å². The van der Waals surface area contributed by atoms with Gasteiger partial charge in [-0.1, -0.05) is 12.1 Å². The molecule has 7 nitrogen and oxygen atoms in total. The maximum absolute atomic E-state index is 13.4. The minimum atomic E-state index is -3.68. The third-order valence-electron chi connectivity index (χ3n) is 5.42. The third-order valence-corrected chi connectivity index (χ3v) is 8.63. The van der Waals surface area contributed by atoms with Crippen LogP contribution in [0.5, 0.6) is 0 Å². The van der Waals surface area contributed by atoms with E-state index in [9.17, 15) is 27.3 Å². The van der Waals surface area contributed by atoms with E-state index in [4.69, 9.17) is 0 Å². The second-order valence-electron chi connectivity index (χ2n) is 7.53. The Morgan fingerprint density at radius 2 is 1.88 bits per heavy atom. The van der Waals surface area contributed by atoms with Crippen molar-refractivity contribution in [2.45, 2.75) is 29.4 Å². The molecule has 11 heteroatoms. The normalized spacial score (nSPS) is 15.1. The van der Waals surface area contributed by atoms with Crippen LogP contribution in [0.4, 0.5) is 19.6 Å². The Hall–Kier alpha value is -2.92. The number of nitrogens with zero attached hydrogens (tertiary/aromatic N) is 3. The van der Waals surface area contributed by atoms with Crippen LogP contribution in [0.2, 0.25) is 0 Å². The van der Waals surface area contributed by atoms with Crippen LogP contribution in [0.3, 0.4) is 0 Å². The highest BCUT2D eigenvalue weighted by molar-refractivity contribution is 7.92. The Morgan fingerprint density at radius 1 is 1.12 bits per heavy atom. The van der Waals surface area contributed by atoms with Crippen LogP contribution < -0.4 is 4.90 Å². The van der Waals surface area contributed by atoms with Gasteiger partial charge in [0.1, 0.15) is 0 Å². The van der Waals surface area contributed by atoms with Crippen molar-refractivity contribution in [1.82, 2.24) is 4.98 Å². The summed E-state index contributed by atoms with van der Waals surface area (Å²) in [6.45, 7) is 0.966. The van der Waals surface area contributed by atoms with E-state index in [2.05, 4.69) is 4.98 Å². The third kappa shape index (κ3) is 4.63. The van der Waals surface area contributed by atoms with Crippen LogP contribution in [-0.2, 0) is 16.3 Å². The van der Waals surface area contributed by atoms with Gasteiger partial charge in [-0.05, 0) is 36.6 Å². The number of aromatic nitrogens is 1. The number of anilines is 1. The average Bonchev–Trinajstić information content (AvgIpc) is 3.25. The number of rotatable bonds is 6. The first kappa shape index (κ1) is 22.3. The standard InChI is InChI=1S/C21H19F2N3O4S2/c22-19-5-4-14(11-20(19)23)10-15-13-31-21(24-15)25-8-6-17(7-9-25)32(29,30)18-3-1-2-16(12-18)26(27)28/h1-5,11-13,17H,6-10H2. The molecule has 4 rings (SSSR count). The molecule has 0 spiro atoms. The first-order valence-electron chi connectivity index (χ1n) is 9.85. The van der Waals surface area contributed by atoms with Gasteiger partial charge in [-0.2, -0.15) is 0 Å². The SMILES string of the molecule is O=[N+]([O-])c1cccc(S(=O)(=O)C2CCN(c3nc(Cc4ccc(F)c(F)c4)cs3)CC2)c1. The molecule has 0 N–H and O–H groups in total. The molecule has 0 atom stereocenters. The van der Waals surface area contributed by atoms with Gasteiger partial charge in [0.2, 0.25) is 0 Å². The number of sulfone groups is 1. The highest BCUT2D eigenvalue weighted by Crippen LogP contribution is 2.30. The number of benzene rings is 2. The second-order valence-corrected chi connectivity index (χ2v) is 10.6. The highest BCUT2D eigenvalue weighted by atomic mass is 32.2. The van der Waals surface area contributed by atoms with Gasteiger partial charge in [0, 0.05) is 37.0 Å². The molecule has 0 unspecified atom stereocenters. The molecule has 3 aromatic rings. The second kappa shape index (κ2) is 8.91. The molecule has 0 bridgehead atoms. The summed E-state index contributed by atoms with van der Waals surface area (Å²) < 4.78 is 52.4. The molecule has 0 saturated carbocycles. The number of hydrogen-bond acceptors (Lipinski definition) is 7. The number of nitro groups is 1. The minimum Gasteiger partial charge on any atom is -0.348 e. The molecule has 1 fully saturated rings. The van der Waals surface area contributed by atoms with Gasteiger partial charge in [0.25, 0.3) is 5.69 Å². The molecule has 32 heavy (non-hydrogen) atoms. The van der Waals surface area contributed by atoms with Gasteiger partial charge >= 0.3 is 0 Å². The maximum Gasteiger partial charge on any atom is 0.270 e. The lowest BCUT2D eigenvalue weighted by Crippen LogP contribution is -2.39. The fraction of sp³-hybridized carbons (Fsp3) is 0.286. The van der Waals surface area contributed by atoms with Crippen molar-refractivity contribution in [3.8, 4) is 0 Å². The summed E-state index contributed by atoms with van der Waals surface area (Å²) in [5.41, 5.74) is 1.09. The van der Waals surface area contributed by atoms with Gasteiger partial charge in [0.05, 0.1) is 20.8 Å². The average molecular weight is 480 g/mol. The lowest BCUT2D eigenvalue weighted by Gasteiger charge is -2.31. The van der Waals surface area contributed by atoms with Crippen molar-refractivity contribution in [2.75, 3.05) is 18.0 Å². The molecule has 1 aromatic heterocycles. The Labute approximate surface area is 187 Å². The van der Waals surface area contributed by atoms with Gasteiger partial charge < -0.3 is 4.90 Å². The minimum absolute atomic E-state index is 0.0341. The lowest BCUT2D eigenvalue weighted by molar-refractivity contribution is -0.385. The number of halogens is 2. The van der Waals surface area contributed by atoms with Crippen molar-refractivity contribution >= 4 is 32.0 Å². The Bertz CT molecular complexity index is 1260. The summed E-state index contributed by atoms with van der Waals surface area (Å²) in [6, 6.07) is 8.89. The molecular weight excluding hydrogens is 460 g/mol. The van der Waals surface area contributed by atoms with Gasteiger partial charge in [-0.15, -0.1) is 11.3 Å². The zero-order valence-corrected chi connectivity index (χ0v) is 18.4. The number of non-ortho nitro benzene ring substituents is 1. The molecule has 0 amide bonds. The summed E-state index contributed by atoms with van der Waals surface area (Å²) in [5.74, 6) is -1.79. The first-order valence-corrected chi connectivity index (χ1v) is 12.3. The Balaban J connectivity index is 1.41. The summed E-state index contributed by atoms with van der Waals surface area (Å²) in [4.78, 5) is 16.9. The van der Waals surface area contributed by atoms with Crippen molar-refractivity contribution in [3.05, 3.63) is 80.9 Å². The molecule has 2 aromatic carbocycles. The molecule has 0 radical (unpaired) electrons. The predicted molar refractivity (Wildman–Crippen MR) is 117 cm³/mol. The molecule has 1 aliphatic heterocycles. The molecule has 168 valence electrons. The molecule has 0 aliphatic carbocycles. The topological polar surface area (TPSA) is 93.4 Å². The molecular formula is C21H19F2N3O4S2. The molecule has 1 aliphatic rings. The van der Waals surface area contributed by atoms with E-state index < -0.39 is 31.6 Å². The van der Waals surface area contributed by atoms with Gasteiger partial charge in [0.15, 0.2) is 26.6 Å². The summed E-state index contributed by atoms with van der Waals surface area (Å²) in [6.07, 6.45) is 1.12.